The molecule has 19 heteroatoms. The Kier molecular flexibility index (Phi) is 20.0. The number of aryl methyl sites for hydroxylation is 2. The number of allylic oxidation sites excluding steroid dienone is 1. The lowest BCUT2D eigenvalue weighted by Crippen LogP contribution is -2.49. The summed E-state index contributed by atoms with van der Waals surface area (Å²) in [5, 5.41) is 28.2. The fourth-order valence-electron chi connectivity index (χ4n) is 7.28. The van der Waals surface area contributed by atoms with Crippen molar-refractivity contribution in [2.75, 3.05) is 33.0 Å². The van der Waals surface area contributed by atoms with Crippen LogP contribution in [-0.4, -0.2) is 118 Å². The monoisotopic (exact) mass is 922 g/mol. The first-order valence-corrected chi connectivity index (χ1v) is 22.0. The SMILES string of the molecule is CC.CC(NC(=O)CNC(=O)CCN1C(=O)C=CC1=O)C(=O)NCOCC(C)(O)C(N)=O.CCc1c(/C(C)=C/C2=C(C(=O)C(C)CC)COC(=O)C2O)nc2cc(F)c(C)c3c2c1CCC3. The Hall–Kier alpha value is -6.18. The molecule has 18 nitrogen and oxygen atoms in total. The maximum absolute atomic E-state index is 14.7. The second-order valence-corrected chi connectivity index (χ2v) is 16.1. The van der Waals surface area contributed by atoms with Crippen LogP contribution in [0.4, 0.5) is 4.39 Å². The van der Waals surface area contributed by atoms with E-state index in [9.17, 15) is 53.0 Å². The molecule has 4 atom stereocenters. The van der Waals surface area contributed by atoms with Crippen molar-refractivity contribution >= 4 is 63.7 Å². The first-order valence-electron chi connectivity index (χ1n) is 22.0. The molecule has 3 heterocycles. The molecule has 6 amide bonds. The van der Waals surface area contributed by atoms with E-state index in [-0.39, 0.29) is 49.4 Å². The number of carbonyl (C=O) groups excluding carboxylic acids is 8. The van der Waals surface area contributed by atoms with E-state index >= 15 is 0 Å². The Labute approximate surface area is 383 Å². The van der Waals surface area contributed by atoms with Gasteiger partial charge >= 0.3 is 5.97 Å². The third-order valence-electron chi connectivity index (χ3n) is 11.3. The number of Topliss-reactive ketones (excluding diaryl/α,β-unsaturated/α-hetero) is 1. The maximum atomic E-state index is 14.7. The molecule has 360 valence electrons. The molecule has 0 bridgehead atoms. The summed E-state index contributed by atoms with van der Waals surface area (Å²) < 4.78 is 24.7. The van der Waals surface area contributed by atoms with E-state index in [2.05, 4.69) is 22.9 Å². The van der Waals surface area contributed by atoms with Gasteiger partial charge in [0.05, 0.1) is 24.4 Å². The number of esters is 1. The molecule has 0 radical (unpaired) electrons. The summed E-state index contributed by atoms with van der Waals surface area (Å²) in [6.07, 6.45) is 6.28. The lowest BCUT2D eigenvalue weighted by atomic mass is 9.83. The number of nitrogens with zero attached hydrogens (tertiary/aromatic N) is 2. The molecule has 1 aliphatic carbocycles. The number of aliphatic hydroxyl groups is 2. The van der Waals surface area contributed by atoms with Crippen molar-refractivity contribution in [3.8, 4) is 0 Å². The Balaban J connectivity index is 0.000000341. The number of aliphatic hydroxyl groups excluding tert-OH is 1. The van der Waals surface area contributed by atoms with Gasteiger partial charge in [-0.2, -0.15) is 0 Å². The number of nitrogens with two attached hydrogens (primary N) is 1. The van der Waals surface area contributed by atoms with Gasteiger partial charge in [0, 0.05) is 53.6 Å². The second-order valence-electron chi connectivity index (χ2n) is 16.1. The zero-order chi connectivity index (χ0) is 49.6. The summed E-state index contributed by atoms with van der Waals surface area (Å²) in [4.78, 5) is 99.9. The minimum atomic E-state index is -1.88. The predicted molar refractivity (Wildman–Crippen MR) is 241 cm³/mol. The number of benzene rings is 1. The quantitative estimate of drug-likeness (QED) is 0.0543. The standard InChI is InChI=1S/C28H32FNO4.C17H25N5O8.C2H6/c1-6-14(3)26(31)21-13-34-28(33)27(32)20(21)11-15(4)25-17(7-2)19-10-8-9-18-16(5)22(29)12-23(30-25)24(18)19;1-10(15(27)20-9-30-8-17(2,29)16(18)28)21-12(24)7-19-11(23)5-6-22-13(25)3-4-14(22)26;1-2/h11-12,14,27,32H,6-10,13H2,1-5H3;3-4,10,29H,5-9H2,1-2H3,(H2,18,28)(H,19,23)(H,20,27)(H,21,24);1-2H3/b15-11+;;. The number of primary amides is 1. The minimum Gasteiger partial charge on any atom is -0.458 e. The van der Waals surface area contributed by atoms with Gasteiger partial charge in [0.25, 0.3) is 17.7 Å². The van der Waals surface area contributed by atoms with E-state index in [1.807, 2.05) is 41.5 Å². The number of rotatable bonds is 18. The Morgan fingerprint density at radius 1 is 1.06 bits per heavy atom. The van der Waals surface area contributed by atoms with Gasteiger partial charge in [-0.25, -0.2) is 14.2 Å². The van der Waals surface area contributed by atoms with Gasteiger partial charge in [-0.1, -0.05) is 40.7 Å². The van der Waals surface area contributed by atoms with Crippen molar-refractivity contribution in [2.24, 2.45) is 11.7 Å². The number of pyridine rings is 1. The predicted octanol–water partition coefficient (Wildman–Crippen LogP) is 2.24. The van der Waals surface area contributed by atoms with Crippen LogP contribution in [0.3, 0.4) is 0 Å². The average molecular weight is 923 g/mol. The van der Waals surface area contributed by atoms with E-state index in [0.29, 0.717) is 23.1 Å². The van der Waals surface area contributed by atoms with Crippen molar-refractivity contribution in [3.05, 3.63) is 69.2 Å². The van der Waals surface area contributed by atoms with Crippen molar-refractivity contribution in [2.45, 2.75) is 119 Å². The van der Waals surface area contributed by atoms with Gasteiger partial charge in [-0.15, -0.1) is 0 Å². The van der Waals surface area contributed by atoms with E-state index in [0.717, 1.165) is 77.4 Å². The van der Waals surface area contributed by atoms with Gasteiger partial charge in [0.2, 0.25) is 17.7 Å². The number of ketones is 1. The van der Waals surface area contributed by atoms with Gasteiger partial charge in [-0.05, 0) is 87.6 Å². The fraction of sp³-hybridized carbons (Fsp3) is 0.511. The van der Waals surface area contributed by atoms with Crippen LogP contribution in [0.15, 0.2) is 35.4 Å². The van der Waals surface area contributed by atoms with Gasteiger partial charge < -0.3 is 41.4 Å². The van der Waals surface area contributed by atoms with Crippen LogP contribution in [0, 0.1) is 18.7 Å². The molecule has 2 aliphatic heterocycles. The highest BCUT2D eigenvalue weighted by Crippen LogP contribution is 2.38. The smallest absolute Gasteiger partial charge is 0.340 e. The Morgan fingerprint density at radius 3 is 2.30 bits per heavy atom. The number of aromatic nitrogens is 1. The zero-order valence-corrected chi connectivity index (χ0v) is 39.1. The molecule has 3 aliphatic rings. The second kappa shape index (κ2) is 24.4. The summed E-state index contributed by atoms with van der Waals surface area (Å²) in [7, 11) is 0. The lowest BCUT2D eigenvalue weighted by molar-refractivity contribution is -0.152. The first kappa shape index (κ1) is 54.2. The zero-order valence-electron chi connectivity index (χ0n) is 39.1. The summed E-state index contributed by atoms with van der Waals surface area (Å²) in [5.41, 5.74) is 9.77. The van der Waals surface area contributed by atoms with Crippen molar-refractivity contribution in [3.63, 3.8) is 0 Å². The molecule has 7 N–H and O–H groups in total. The number of hydrogen-bond donors (Lipinski definition) is 6. The number of halogens is 1. The van der Waals surface area contributed by atoms with E-state index in [4.69, 9.17) is 20.2 Å². The Morgan fingerprint density at radius 2 is 1.70 bits per heavy atom. The molecule has 0 spiro atoms. The highest BCUT2D eigenvalue weighted by Gasteiger charge is 2.34. The molecule has 0 saturated heterocycles. The lowest BCUT2D eigenvalue weighted by Gasteiger charge is -2.25. The molecule has 5 rings (SSSR count). The van der Waals surface area contributed by atoms with Crippen LogP contribution >= 0.6 is 0 Å². The molecule has 1 aromatic carbocycles. The first-order chi connectivity index (χ1) is 31.1. The summed E-state index contributed by atoms with van der Waals surface area (Å²) in [6.45, 7) is 14.6. The molecular formula is C47H63FN6O12. The number of carbonyl (C=O) groups is 8. The van der Waals surface area contributed by atoms with E-state index < -0.39 is 72.3 Å². The van der Waals surface area contributed by atoms with Crippen molar-refractivity contribution in [1.82, 2.24) is 25.8 Å². The fourth-order valence-corrected chi connectivity index (χ4v) is 7.28. The van der Waals surface area contributed by atoms with Crippen molar-refractivity contribution in [1.29, 1.82) is 0 Å². The van der Waals surface area contributed by atoms with Crippen LogP contribution in [0.25, 0.3) is 16.5 Å². The summed E-state index contributed by atoms with van der Waals surface area (Å²) in [5.74, 6) is -5.19. The Bertz CT molecular complexity index is 2300. The normalized spacial score (nSPS) is 17.4. The van der Waals surface area contributed by atoms with Crippen LogP contribution in [0.1, 0.15) is 103 Å². The van der Waals surface area contributed by atoms with Crippen LogP contribution in [-0.2, 0) is 67.1 Å². The third kappa shape index (κ3) is 13.4. The van der Waals surface area contributed by atoms with E-state index in [1.165, 1.54) is 18.6 Å². The van der Waals surface area contributed by atoms with E-state index in [1.54, 1.807) is 6.08 Å². The number of ether oxygens (including phenoxy) is 2. The topological polar surface area (TPSA) is 274 Å². The summed E-state index contributed by atoms with van der Waals surface area (Å²) >= 11 is 0. The summed E-state index contributed by atoms with van der Waals surface area (Å²) in [6, 6.07) is 0.545. The van der Waals surface area contributed by atoms with Crippen molar-refractivity contribution < 1.29 is 62.4 Å². The van der Waals surface area contributed by atoms with Crippen LogP contribution in [0.2, 0.25) is 0 Å². The maximum Gasteiger partial charge on any atom is 0.340 e. The largest absolute Gasteiger partial charge is 0.458 e. The molecule has 1 aromatic heterocycles. The minimum absolute atomic E-state index is 0.112. The highest BCUT2D eigenvalue weighted by molar-refractivity contribution is 6.13. The van der Waals surface area contributed by atoms with Gasteiger partial charge in [0.15, 0.2) is 17.5 Å². The highest BCUT2D eigenvalue weighted by atomic mass is 19.1. The molecular weight excluding hydrogens is 860 g/mol. The van der Waals surface area contributed by atoms with Crippen LogP contribution < -0.4 is 21.7 Å². The number of hydrogen-bond acceptors (Lipinski definition) is 13. The van der Waals surface area contributed by atoms with Gasteiger partial charge in [-0.3, -0.25) is 38.5 Å². The van der Waals surface area contributed by atoms with Gasteiger partial charge in [0.1, 0.15) is 25.2 Å². The third-order valence-corrected chi connectivity index (χ3v) is 11.3. The molecule has 0 fully saturated rings. The molecule has 4 unspecified atom stereocenters. The molecule has 66 heavy (non-hydrogen) atoms. The van der Waals surface area contributed by atoms with Crippen LogP contribution in [0.5, 0.6) is 0 Å². The number of amides is 6. The molecule has 2 aromatic rings. The molecule has 0 saturated carbocycles. The number of nitrogens with one attached hydrogen (secondary N) is 3. The average Bonchev–Trinajstić information content (AvgIpc) is 3.62. The number of imide groups is 1. The number of cyclic esters (lactones) is 1.